The van der Waals surface area contributed by atoms with Crippen molar-refractivity contribution in [2.75, 3.05) is 5.32 Å². The van der Waals surface area contributed by atoms with Crippen LogP contribution < -0.4 is 5.32 Å². The molecule has 0 radical (unpaired) electrons. The van der Waals surface area contributed by atoms with E-state index in [2.05, 4.69) is 27.6 Å². The number of hydrogen-bond acceptors (Lipinski definition) is 3. The molecule has 1 aromatic heterocycles. The second kappa shape index (κ2) is 3.38. The number of nitrogens with zero attached hydrogens (tertiary/aromatic N) is 3. The van der Waals surface area contributed by atoms with E-state index in [9.17, 15) is 0 Å². The van der Waals surface area contributed by atoms with Crippen LogP contribution in [0, 0.1) is 0 Å². The second-order valence-electron chi connectivity index (χ2n) is 3.78. The minimum atomic E-state index is 0.693. The molecule has 0 saturated heterocycles. The Morgan fingerprint density at radius 2 is 1.73 bits per heavy atom. The highest BCUT2D eigenvalue weighted by Gasteiger charge is 2.20. The lowest BCUT2D eigenvalue weighted by atomic mass is 10.3. The Morgan fingerprint density at radius 1 is 1.07 bits per heavy atom. The summed E-state index contributed by atoms with van der Waals surface area (Å²) in [5.74, 6) is 0. The minimum Gasteiger partial charge on any atom is -0.382 e. The first-order chi connectivity index (χ1) is 7.42. The number of aromatic nitrogens is 3. The van der Waals surface area contributed by atoms with E-state index < -0.39 is 0 Å². The quantitative estimate of drug-likeness (QED) is 0.822. The van der Waals surface area contributed by atoms with Crippen LogP contribution in [0.4, 0.5) is 5.69 Å². The first-order valence-corrected chi connectivity index (χ1v) is 5.15. The van der Waals surface area contributed by atoms with Gasteiger partial charge in [-0.25, -0.2) is 0 Å². The third-order valence-corrected chi connectivity index (χ3v) is 2.47. The molecule has 3 rings (SSSR count). The predicted molar refractivity (Wildman–Crippen MR) is 58.0 cm³/mol. The zero-order valence-electron chi connectivity index (χ0n) is 8.30. The van der Waals surface area contributed by atoms with Crippen LogP contribution in [0.15, 0.2) is 36.7 Å². The molecule has 1 fully saturated rings. The Labute approximate surface area is 87.9 Å². The van der Waals surface area contributed by atoms with Crippen molar-refractivity contribution in [2.24, 2.45) is 0 Å². The monoisotopic (exact) mass is 200 g/mol. The Morgan fingerprint density at radius 3 is 2.33 bits per heavy atom. The van der Waals surface area contributed by atoms with Gasteiger partial charge in [0.05, 0.1) is 18.1 Å². The van der Waals surface area contributed by atoms with Crippen molar-refractivity contribution in [1.29, 1.82) is 0 Å². The smallest absolute Gasteiger partial charge is 0.0858 e. The summed E-state index contributed by atoms with van der Waals surface area (Å²) in [6.07, 6.45) is 5.94. The van der Waals surface area contributed by atoms with Crippen LogP contribution in [0.2, 0.25) is 0 Å². The molecular weight excluding hydrogens is 188 g/mol. The summed E-state index contributed by atoms with van der Waals surface area (Å²) in [6.45, 7) is 0. The topological polar surface area (TPSA) is 42.7 Å². The van der Waals surface area contributed by atoms with Crippen LogP contribution in [0.25, 0.3) is 5.69 Å². The molecular formula is C11H12N4. The highest BCUT2D eigenvalue weighted by molar-refractivity contribution is 5.49. The van der Waals surface area contributed by atoms with Crippen LogP contribution in [-0.4, -0.2) is 21.0 Å². The Balaban J connectivity index is 1.80. The van der Waals surface area contributed by atoms with Crippen molar-refractivity contribution < 1.29 is 0 Å². The zero-order valence-corrected chi connectivity index (χ0v) is 8.30. The molecule has 0 amide bonds. The van der Waals surface area contributed by atoms with Gasteiger partial charge < -0.3 is 5.32 Å². The maximum Gasteiger partial charge on any atom is 0.0858 e. The minimum absolute atomic E-state index is 0.693. The number of rotatable bonds is 3. The molecule has 0 spiro atoms. The van der Waals surface area contributed by atoms with E-state index >= 15 is 0 Å². The van der Waals surface area contributed by atoms with Crippen LogP contribution in [-0.2, 0) is 0 Å². The lowest BCUT2D eigenvalue weighted by molar-refractivity contribution is 0.752. The molecule has 1 saturated carbocycles. The first-order valence-electron chi connectivity index (χ1n) is 5.15. The fraction of sp³-hybridized carbons (Fsp3) is 0.273. The third-order valence-electron chi connectivity index (χ3n) is 2.47. The van der Waals surface area contributed by atoms with Gasteiger partial charge in [-0.15, -0.1) is 0 Å². The van der Waals surface area contributed by atoms with Gasteiger partial charge in [-0.2, -0.15) is 15.0 Å². The van der Waals surface area contributed by atoms with Crippen molar-refractivity contribution >= 4 is 5.69 Å². The van der Waals surface area contributed by atoms with E-state index in [0.29, 0.717) is 6.04 Å². The third kappa shape index (κ3) is 1.83. The van der Waals surface area contributed by atoms with E-state index in [-0.39, 0.29) is 0 Å². The van der Waals surface area contributed by atoms with Crippen LogP contribution >= 0.6 is 0 Å². The molecule has 1 aliphatic rings. The predicted octanol–water partition coefficient (Wildman–Crippen LogP) is 1.84. The van der Waals surface area contributed by atoms with Gasteiger partial charge in [-0.05, 0) is 37.1 Å². The molecule has 15 heavy (non-hydrogen) atoms. The lowest BCUT2D eigenvalue weighted by Gasteiger charge is -2.05. The van der Waals surface area contributed by atoms with Gasteiger partial charge in [0.25, 0.3) is 0 Å². The lowest BCUT2D eigenvalue weighted by Crippen LogP contribution is -2.02. The van der Waals surface area contributed by atoms with Gasteiger partial charge in [-0.1, -0.05) is 0 Å². The number of benzene rings is 1. The molecule has 2 aromatic rings. The molecule has 0 atom stereocenters. The molecule has 76 valence electrons. The average molecular weight is 200 g/mol. The summed E-state index contributed by atoms with van der Waals surface area (Å²) in [7, 11) is 0. The van der Waals surface area contributed by atoms with Crippen molar-refractivity contribution in [3.63, 3.8) is 0 Å². The zero-order chi connectivity index (χ0) is 10.1. The molecule has 1 heterocycles. The summed E-state index contributed by atoms with van der Waals surface area (Å²) < 4.78 is 0. The van der Waals surface area contributed by atoms with Crippen molar-refractivity contribution in [3.05, 3.63) is 36.7 Å². The molecule has 0 bridgehead atoms. The number of anilines is 1. The van der Waals surface area contributed by atoms with Gasteiger partial charge >= 0.3 is 0 Å². The number of hydrogen-bond donors (Lipinski definition) is 1. The summed E-state index contributed by atoms with van der Waals surface area (Å²) >= 11 is 0. The molecule has 1 N–H and O–H groups in total. The summed E-state index contributed by atoms with van der Waals surface area (Å²) in [5, 5.41) is 11.6. The average Bonchev–Trinajstić information content (AvgIpc) is 2.92. The van der Waals surface area contributed by atoms with E-state index in [4.69, 9.17) is 0 Å². The van der Waals surface area contributed by atoms with E-state index in [1.54, 1.807) is 17.2 Å². The summed E-state index contributed by atoms with van der Waals surface area (Å²) in [4.78, 5) is 1.61. The maximum atomic E-state index is 4.07. The van der Waals surface area contributed by atoms with E-state index in [0.717, 1.165) is 5.69 Å². The Kier molecular flexibility index (Phi) is 1.91. The van der Waals surface area contributed by atoms with Crippen LogP contribution in [0.5, 0.6) is 0 Å². The van der Waals surface area contributed by atoms with Crippen molar-refractivity contribution in [2.45, 2.75) is 18.9 Å². The molecule has 1 aromatic carbocycles. The molecule has 1 aliphatic carbocycles. The first kappa shape index (κ1) is 8.47. The largest absolute Gasteiger partial charge is 0.382 e. The van der Waals surface area contributed by atoms with Gasteiger partial charge in [0.2, 0.25) is 0 Å². The summed E-state index contributed by atoms with van der Waals surface area (Å²) in [5.41, 5.74) is 2.16. The second-order valence-corrected chi connectivity index (χ2v) is 3.78. The summed E-state index contributed by atoms with van der Waals surface area (Å²) in [6, 6.07) is 8.86. The molecule has 4 nitrogen and oxygen atoms in total. The van der Waals surface area contributed by atoms with Crippen LogP contribution in [0.3, 0.4) is 0 Å². The Bertz CT molecular complexity index is 428. The molecule has 0 unspecified atom stereocenters. The van der Waals surface area contributed by atoms with Crippen molar-refractivity contribution in [1.82, 2.24) is 15.0 Å². The normalized spacial score (nSPS) is 15.2. The van der Waals surface area contributed by atoms with Gasteiger partial charge in [0.1, 0.15) is 0 Å². The maximum absolute atomic E-state index is 4.07. The van der Waals surface area contributed by atoms with Gasteiger partial charge in [-0.3, -0.25) is 0 Å². The van der Waals surface area contributed by atoms with Crippen molar-refractivity contribution in [3.8, 4) is 5.69 Å². The molecule has 4 heteroatoms. The SMILES string of the molecule is c1cnn(-c2ccc(NC3CC3)cc2)n1. The fourth-order valence-electron chi connectivity index (χ4n) is 1.50. The molecule has 0 aliphatic heterocycles. The van der Waals surface area contributed by atoms with E-state index in [1.807, 2.05) is 12.1 Å². The fourth-order valence-corrected chi connectivity index (χ4v) is 1.50. The number of nitrogens with one attached hydrogen (secondary N) is 1. The van der Waals surface area contributed by atoms with Crippen LogP contribution in [0.1, 0.15) is 12.8 Å². The van der Waals surface area contributed by atoms with E-state index in [1.165, 1.54) is 18.5 Å². The highest BCUT2D eigenvalue weighted by Crippen LogP contribution is 2.24. The highest BCUT2D eigenvalue weighted by atomic mass is 15.5. The standard InChI is InChI=1S/C11H12N4/c1-2-9(1)14-10-3-5-11(6-4-10)15-12-7-8-13-15/h3-9,14H,1-2H2. The van der Waals surface area contributed by atoms with Gasteiger partial charge in [0, 0.05) is 11.7 Å². The Hall–Kier alpha value is -1.84. The van der Waals surface area contributed by atoms with Gasteiger partial charge in [0.15, 0.2) is 0 Å².